The fourth-order valence-electron chi connectivity index (χ4n) is 4.61. The van der Waals surface area contributed by atoms with Crippen LogP contribution in [0.25, 0.3) is 0 Å². The van der Waals surface area contributed by atoms with E-state index < -0.39 is 15.9 Å². The molecule has 1 unspecified atom stereocenters. The molecular formula is C26H26N4O3S. The van der Waals surface area contributed by atoms with Crippen molar-refractivity contribution in [3.63, 3.8) is 0 Å². The molecule has 3 N–H and O–H groups in total. The number of nitrogens with zero attached hydrogens (tertiary/aromatic N) is 2. The van der Waals surface area contributed by atoms with Crippen molar-refractivity contribution < 1.29 is 13.2 Å². The summed E-state index contributed by atoms with van der Waals surface area (Å²) >= 11 is 0. The number of hydrogen-bond donors (Lipinski definition) is 2. The van der Waals surface area contributed by atoms with E-state index in [1.54, 1.807) is 6.07 Å². The number of fused-ring (bicyclic) bond motifs is 1. The Bertz CT molecular complexity index is 1350. The molecule has 0 spiro atoms. The third-order valence-corrected chi connectivity index (χ3v) is 7.23. The molecule has 0 saturated carbocycles. The molecule has 1 atom stereocenters. The highest BCUT2D eigenvalue weighted by Crippen LogP contribution is 2.37. The molecule has 1 fully saturated rings. The van der Waals surface area contributed by atoms with Crippen molar-refractivity contribution in [1.82, 2.24) is 4.90 Å². The van der Waals surface area contributed by atoms with Gasteiger partial charge in [0.15, 0.2) is 0 Å². The zero-order valence-corrected chi connectivity index (χ0v) is 19.5. The van der Waals surface area contributed by atoms with Gasteiger partial charge in [0.05, 0.1) is 16.3 Å². The van der Waals surface area contributed by atoms with Crippen LogP contribution < -0.4 is 10.5 Å². The summed E-state index contributed by atoms with van der Waals surface area (Å²) in [5.74, 6) is -1.02. The lowest BCUT2D eigenvalue weighted by molar-refractivity contribution is -0.115. The molecule has 3 aromatic rings. The van der Waals surface area contributed by atoms with Gasteiger partial charge in [-0.25, -0.2) is 13.6 Å². The number of nitrogens with one attached hydrogen (secondary N) is 1. The predicted molar refractivity (Wildman–Crippen MR) is 133 cm³/mol. The van der Waals surface area contributed by atoms with E-state index in [4.69, 9.17) is 10.1 Å². The quantitative estimate of drug-likeness (QED) is 0.530. The van der Waals surface area contributed by atoms with E-state index in [0.717, 1.165) is 30.9 Å². The highest BCUT2D eigenvalue weighted by atomic mass is 32.2. The second kappa shape index (κ2) is 9.13. The summed E-state index contributed by atoms with van der Waals surface area (Å²) in [7, 11) is -3.91. The second-order valence-corrected chi connectivity index (χ2v) is 10.3. The zero-order valence-electron chi connectivity index (χ0n) is 18.6. The number of amides is 1. The molecule has 1 saturated heterocycles. The second-order valence-electron chi connectivity index (χ2n) is 8.73. The van der Waals surface area contributed by atoms with Crippen molar-refractivity contribution in [2.45, 2.75) is 30.2 Å². The van der Waals surface area contributed by atoms with Crippen LogP contribution in [0.3, 0.4) is 0 Å². The standard InChI is InChI=1S/C26H26N4O3S/c27-34(32,33)21-12-13-23-22(16-21)24(26(31)29-23)25(19-6-2-1-3-7-19)28-20-10-8-18(9-11-20)17-30-14-4-5-15-30/h1-3,6-13,16,24H,4-5,14-15,17H2,(H,29,31)(H2,27,32,33). The molecule has 0 aliphatic carbocycles. The maximum absolute atomic E-state index is 13.1. The molecule has 0 bridgehead atoms. The molecule has 5 rings (SSSR count). The summed E-state index contributed by atoms with van der Waals surface area (Å²) in [5, 5.41) is 8.20. The average Bonchev–Trinajstić information content (AvgIpc) is 3.45. The minimum atomic E-state index is -3.91. The fraction of sp³-hybridized carbons (Fsp3) is 0.231. The van der Waals surface area contributed by atoms with Gasteiger partial charge in [0.2, 0.25) is 15.9 Å². The van der Waals surface area contributed by atoms with Crippen LogP contribution in [-0.2, 0) is 21.4 Å². The maximum Gasteiger partial charge on any atom is 0.238 e. The number of rotatable bonds is 6. The molecule has 34 heavy (non-hydrogen) atoms. The lowest BCUT2D eigenvalue weighted by atomic mass is 9.90. The van der Waals surface area contributed by atoms with Gasteiger partial charge >= 0.3 is 0 Å². The SMILES string of the molecule is NS(=O)(=O)c1ccc2c(c1)C(C(=Nc1ccc(CN3CCCC3)cc1)c1ccccc1)C(=O)N2. The van der Waals surface area contributed by atoms with Crippen LogP contribution in [0, 0.1) is 0 Å². The van der Waals surface area contributed by atoms with Crippen molar-refractivity contribution >= 4 is 33.0 Å². The zero-order chi connectivity index (χ0) is 23.7. The van der Waals surface area contributed by atoms with E-state index in [0.29, 0.717) is 17.0 Å². The van der Waals surface area contributed by atoms with Crippen molar-refractivity contribution in [2.75, 3.05) is 18.4 Å². The minimum absolute atomic E-state index is 0.0357. The number of aliphatic imine (C=N–C) groups is 1. The van der Waals surface area contributed by atoms with Crippen molar-refractivity contribution in [3.8, 4) is 0 Å². The molecule has 2 aliphatic rings. The largest absolute Gasteiger partial charge is 0.325 e. The molecule has 7 nitrogen and oxygen atoms in total. The number of nitrogens with two attached hydrogens (primary N) is 1. The summed E-state index contributed by atoms with van der Waals surface area (Å²) in [4.78, 5) is 20.4. The first-order valence-corrected chi connectivity index (χ1v) is 12.9. The third-order valence-electron chi connectivity index (χ3n) is 6.32. The Labute approximate surface area is 199 Å². The number of benzene rings is 3. The minimum Gasteiger partial charge on any atom is -0.325 e. The normalized spacial score (nSPS) is 18.7. The monoisotopic (exact) mass is 474 g/mol. The molecule has 2 heterocycles. The number of hydrogen-bond acceptors (Lipinski definition) is 5. The summed E-state index contributed by atoms with van der Waals surface area (Å²) in [6.45, 7) is 3.19. The van der Waals surface area contributed by atoms with Crippen LogP contribution in [0.4, 0.5) is 11.4 Å². The molecule has 2 aliphatic heterocycles. The van der Waals surface area contributed by atoms with Gasteiger partial charge in [-0.05, 0) is 73.0 Å². The fourth-order valence-corrected chi connectivity index (χ4v) is 5.16. The van der Waals surface area contributed by atoms with E-state index >= 15 is 0 Å². The smallest absolute Gasteiger partial charge is 0.238 e. The molecule has 0 radical (unpaired) electrons. The van der Waals surface area contributed by atoms with Gasteiger partial charge in [-0.15, -0.1) is 0 Å². The van der Waals surface area contributed by atoms with Crippen LogP contribution in [0.1, 0.15) is 35.4 Å². The van der Waals surface area contributed by atoms with E-state index in [-0.39, 0.29) is 10.8 Å². The lowest BCUT2D eigenvalue weighted by Gasteiger charge is -2.16. The Morgan fingerprint density at radius 1 is 1.00 bits per heavy atom. The number of likely N-dealkylation sites (tertiary alicyclic amines) is 1. The third kappa shape index (κ3) is 4.65. The van der Waals surface area contributed by atoms with Crippen LogP contribution in [0.2, 0.25) is 0 Å². The van der Waals surface area contributed by atoms with Gasteiger partial charge in [0.1, 0.15) is 5.92 Å². The summed E-state index contributed by atoms with van der Waals surface area (Å²) in [5.41, 5.74) is 4.40. The van der Waals surface area contributed by atoms with E-state index in [9.17, 15) is 13.2 Å². The van der Waals surface area contributed by atoms with Gasteiger partial charge in [-0.1, -0.05) is 42.5 Å². The predicted octanol–water partition coefficient (Wildman–Crippen LogP) is 3.79. The van der Waals surface area contributed by atoms with Gasteiger partial charge in [0, 0.05) is 12.2 Å². The number of primary sulfonamides is 1. The van der Waals surface area contributed by atoms with E-state index in [1.165, 1.54) is 30.5 Å². The molecule has 3 aromatic carbocycles. The highest BCUT2D eigenvalue weighted by molar-refractivity contribution is 7.89. The molecular weight excluding hydrogens is 448 g/mol. The molecule has 1 amide bonds. The highest BCUT2D eigenvalue weighted by Gasteiger charge is 2.36. The average molecular weight is 475 g/mol. The number of carbonyl (C=O) groups is 1. The molecule has 8 heteroatoms. The lowest BCUT2D eigenvalue weighted by Crippen LogP contribution is -2.22. The first-order chi connectivity index (χ1) is 16.4. The summed E-state index contributed by atoms with van der Waals surface area (Å²) in [6.07, 6.45) is 2.50. The summed E-state index contributed by atoms with van der Waals surface area (Å²) < 4.78 is 23.9. The first kappa shape index (κ1) is 22.5. The topological polar surface area (TPSA) is 105 Å². The number of anilines is 1. The van der Waals surface area contributed by atoms with Gasteiger partial charge in [-0.2, -0.15) is 0 Å². The Morgan fingerprint density at radius 3 is 2.38 bits per heavy atom. The Hall–Kier alpha value is -3.33. The van der Waals surface area contributed by atoms with E-state index in [1.807, 2.05) is 42.5 Å². The Kier molecular flexibility index (Phi) is 6.03. The van der Waals surface area contributed by atoms with Crippen LogP contribution in [-0.4, -0.2) is 38.0 Å². The molecule has 0 aromatic heterocycles. The van der Waals surface area contributed by atoms with Crippen LogP contribution >= 0.6 is 0 Å². The Balaban J connectivity index is 1.54. The van der Waals surface area contributed by atoms with Crippen molar-refractivity contribution in [3.05, 3.63) is 89.5 Å². The van der Waals surface area contributed by atoms with Gasteiger partial charge < -0.3 is 5.32 Å². The van der Waals surface area contributed by atoms with Gasteiger partial charge in [-0.3, -0.25) is 14.7 Å². The number of carbonyl (C=O) groups excluding carboxylic acids is 1. The Morgan fingerprint density at radius 2 is 1.71 bits per heavy atom. The summed E-state index contributed by atoms with van der Waals surface area (Å²) in [6, 6.07) is 22.0. The van der Waals surface area contributed by atoms with Crippen molar-refractivity contribution in [1.29, 1.82) is 0 Å². The first-order valence-electron chi connectivity index (χ1n) is 11.3. The van der Waals surface area contributed by atoms with Crippen LogP contribution in [0.5, 0.6) is 0 Å². The van der Waals surface area contributed by atoms with Crippen LogP contribution in [0.15, 0.2) is 82.7 Å². The van der Waals surface area contributed by atoms with Crippen molar-refractivity contribution in [2.24, 2.45) is 10.1 Å². The number of sulfonamides is 1. The molecule has 174 valence electrons. The van der Waals surface area contributed by atoms with Gasteiger partial charge in [0.25, 0.3) is 0 Å². The maximum atomic E-state index is 13.1. The van der Waals surface area contributed by atoms with E-state index in [2.05, 4.69) is 22.3 Å².